The van der Waals surface area contributed by atoms with Crippen LogP contribution in [0.2, 0.25) is 0 Å². The van der Waals surface area contributed by atoms with Crippen LogP contribution in [0.5, 0.6) is 0 Å². The standard InChI is InChI=1S/C18H26N4O2/c1-13-5-4-6-16(11-13)19-15-7-9-22(10-8-15)14(2)18-20-17(12-23-3)21-24-18/h4-6,11,14-15,19H,7-10,12H2,1-3H3/t14-/m1/s1. The fourth-order valence-corrected chi connectivity index (χ4v) is 3.18. The quantitative estimate of drug-likeness (QED) is 0.878. The van der Waals surface area contributed by atoms with Gasteiger partial charge in [0.2, 0.25) is 5.89 Å². The molecule has 1 aromatic carbocycles. The van der Waals surface area contributed by atoms with Crippen LogP contribution in [0.1, 0.15) is 43.1 Å². The summed E-state index contributed by atoms with van der Waals surface area (Å²) in [5.74, 6) is 1.28. The predicted octanol–water partition coefficient (Wildman–Crippen LogP) is 3.16. The van der Waals surface area contributed by atoms with Crippen molar-refractivity contribution >= 4 is 5.69 Å². The van der Waals surface area contributed by atoms with Crippen molar-refractivity contribution in [1.82, 2.24) is 15.0 Å². The number of ether oxygens (including phenoxy) is 1. The summed E-state index contributed by atoms with van der Waals surface area (Å²) in [6, 6.07) is 9.22. The summed E-state index contributed by atoms with van der Waals surface area (Å²) in [5, 5.41) is 7.60. The Bertz CT molecular complexity index is 650. The molecule has 1 aliphatic rings. The van der Waals surface area contributed by atoms with Crippen molar-refractivity contribution in [2.24, 2.45) is 0 Å². The molecule has 2 aromatic rings. The average molecular weight is 330 g/mol. The number of piperidine rings is 1. The summed E-state index contributed by atoms with van der Waals surface area (Å²) in [6.07, 6.45) is 2.22. The van der Waals surface area contributed by atoms with Crippen LogP contribution in [0.15, 0.2) is 28.8 Å². The molecule has 1 atom stereocenters. The number of likely N-dealkylation sites (tertiary alicyclic amines) is 1. The van der Waals surface area contributed by atoms with E-state index in [4.69, 9.17) is 9.26 Å². The molecule has 2 heterocycles. The van der Waals surface area contributed by atoms with E-state index < -0.39 is 0 Å². The normalized spacial score (nSPS) is 17.8. The van der Waals surface area contributed by atoms with E-state index in [9.17, 15) is 0 Å². The molecular weight excluding hydrogens is 304 g/mol. The van der Waals surface area contributed by atoms with E-state index in [0.29, 0.717) is 24.4 Å². The minimum Gasteiger partial charge on any atom is -0.382 e. The summed E-state index contributed by atoms with van der Waals surface area (Å²) >= 11 is 0. The largest absolute Gasteiger partial charge is 0.382 e. The van der Waals surface area contributed by atoms with E-state index >= 15 is 0 Å². The highest BCUT2D eigenvalue weighted by atomic mass is 16.5. The lowest BCUT2D eigenvalue weighted by Crippen LogP contribution is -2.40. The number of anilines is 1. The Kier molecular flexibility index (Phi) is 5.48. The lowest BCUT2D eigenvalue weighted by atomic mass is 10.0. The number of benzene rings is 1. The second-order valence-corrected chi connectivity index (χ2v) is 6.48. The number of methoxy groups -OCH3 is 1. The molecule has 1 aliphatic heterocycles. The van der Waals surface area contributed by atoms with Gasteiger partial charge in [-0.15, -0.1) is 0 Å². The van der Waals surface area contributed by atoms with Gasteiger partial charge in [-0.05, 0) is 44.4 Å². The van der Waals surface area contributed by atoms with Gasteiger partial charge >= 0.3 is 0 Å². The van der Waals surface area contributed by atoms with Gasteiger partial charge < -0.3 is 14.6 Å². The lowest BCUT2D eigenvalue weighted by Gasteiger charge is -2.35. The number of rotatable bonds is 6. The highest BCUT2D eigenvalue weighted by molar-refractivity contribution is 5.46. The Balaban J connectivity index is 1.52. The molecule has 3 rings (SSSR count). The van der Waals surface area contributed by atoms with E-state index in [1.54, 1.807) is 7.11 Å². The van der Waals surface area contributed by atoms with Crippen molar-refractivity contribution < 1.29 is 9.26 Å². The summed E-state index contributed by atoms with van der Waals surface area (Å²) in [4.78, 5) is 6.81. The molecule has 0 radical (unpaired) electrons. The van der Waals surface area contributed by atoms with E-state index in [1.165, 1.54) is 11.3 Å². The minimum absolute atomic E-state index is 0.142. The molecule has 1 fully saturated rings. The van der Waals surface area contributed by atoms with Crippen molar-refractivity contribution in [3.05, 3.63) is 41.5 Å². The molecule has 0 bridgehead atoms. The first-order valence-corrected chi connectivity index (χ1v) is 8.54. The third-order valence-corrected chi connectivity index (χ3v) is 4.58. The second-order valence-electron chi connectivity index (χ2n) is 6.48. The summed E-state index contributed by atoms with van der Waals surface area (Å²) in [6.45, 7) is 6.67. The van der Waals surface area contributed by atoms with Crippen molar-refractivity contribution in [1.29, 1.82) is 0 Å². The first kappa shape index (κ1) is 16.9. The maximum absolute atomic E-state index is 5.37. The topological polar surface area (TPSA) is 63.4 Å². The molecule has 1 saturated heterocycles. The molecule has 0 aliphatic carbocycles. The van der Waals surface area contributed by atoms with Crippen LogP contribution in [0.3, 0.4) is 0 Å². The molecule has 0 spiro atoms. The Morgan fingerprint density at radius 1 is 1.38 bits per heavy atom. The van der Waals surface area contributed by atoms with Gasteiger partial charge in [0.1, 0.15) is 6.61 Å². The van der Waals surface area contributed by atoms with Crippen molar-refractivity contribution in [2.75, 3.05) is 25.5 Å². The number of hydrogen-bond donors (Lipinski definition) is 1. The highest BCUT2D eigenvalue weighted by Gasteiger charge is 2.26. The van der Waals surface area contributed by atoms with E-state index in [1.807, 2.05) is 0 Å². The van der Waals surface area contributed by atoms with Crippen LogP contribution in [0.25, 0.3) is 0 Å². The number of nitrogens with one attached hydrogen (secondary N) is 1. The Hall–Kier alpha value is -1.92. The summed E-state index contributed by atoms with van der Waals surface area (Å²) < 4.78 is 10.4. The van der Waals surface area contributed by atoms with Crippen LogP contribution in [0.4, 0.5) is 5.69 Å². The molecular formula is C18H26N4O2. The monoisotopic (exact) mass is 330 g/mol. The maximum Gasteiger partial charge on any atom is 0.243 e. The van der Waals surface area contributed by atoms with E-state index in [0.717, 1.165) is 25.9 Å². The van der Waals surface area contributed by atoms with Gasteiger partial charge in [-0.1, -0.05) is 17.3 Å². The molecule has 0 unspecified atom stereocenters. The second kappa shape index (κ2) is 7.77. The van der Waals surface area contributed by atoms with Crippen LogP contribution >= 0.6 is 0 Å². The zero-order valence-electron chi connectivity index (χ0n) is 14.7. The highest BCUT2D eigenvalue weighted by Crippen LogP contribution is 2.25. The molecule has 130 valence electrons. The van der Waals surface area contributed by atoms with Crippen molar-refractivity contribution in [2.45, 2.75) is 45.4 Å². The van der Waals surface area contributed by atoms with Gasteiger partial charge in [-0.3, -0.25) is 4.90 Å². The molecule has 0 saturated carbocycles. The molecule has 1 N–H and O–H groups in total. The maximum atomic E-state index is 5.37. The molecule has 0 amide bonds. The lowest BCUT2D eigenvalue weighted by molar-refractivity contribution is 0.140. The third-order valence-electron chi connectivity index (χ3n) is 4.58. The number of nitrogens with zero attached hydrogens (tertiary/aromatic N) is 3. The van der Waals surface area contributed by atoms with E-state index in [2.05, 4.69) is 58.5 Å². The smallest absolute Gasteiger partial charge is 0.243 e. The first-order valence-electron chi connectivity index (χ1n) is 8.54. The zero-order chi connectivity index (χ0) is 16.9. The summed E-state index contributed by atoms with van der Waals surface area (Å²) in [7, 11) is 1.63. The number of aryl methyl sites for hydroxylation is 1. The molecule has 1 aromatic heterocycles. The van der Waals surface area contributed by atoms with Crippen LogP contribution in [-0.4, -0.2) is 41.3 Å². The first-order chi connectivity index (χ1) is 11.7. The number of hydrogen-bond acceptors (Lipinski definition) is 6. The molecule has 6 heteroatoms. The Labute approximate surface area is 143 Å². The van der Waals surface area contributed by atoms with Gasteiger partial charge in [0.25, 0.3) is 0 Å². The van der Waals surface area contributed by atoms with Crippen molar-refractivity contribution in [3.8, 4) is 0 Å². The van der Waals surface area contributed by atoms with Gasteiger partial charge in [0.15, 0.2) is 5.82 Å². The SMILES string of the molecule is COCc1noc([C@@H](C)N2CCC(Nc3cccc(C)c3)CC2)n1. The van der Waals surface area contributed by atoms with Crippen LogP contribution < -0.4 is 5.32 Å². The predicted molar refractivity (Wildman–Crippen MR) is 92.8 cm³/mol. The van der Waals surface area contributed by atoms with Crippen LogP contribution in [0, 0.1) is 6.92 Å². The fourth-order valence-electron chi connectivity index (χ4n) is 3.18. The molecule has 6 nitrogen and oxygen atoms in total. The van der Waals surface area contributed by atoms with Gasteiger partial charge in [-0.25, -0.2) is 0 Å². The molecule has 24 heavy (non-hydrogen) atoms. The zero-order valence-corrected chi connectivity index (χ0v) is 14.7. The van der Waals surface area contributed by atoms with Crippen LogP contribution in [-0.2, 0) is 11.3 Å². The van der Waals surface area contributed by atoms with E-state index in [-0.39, 0.29) is 6.04 Å². The summed E-state index contributed by atoms with van der Waals surface area (Å²) in [5.41, 5.74) is 2.50. The fraction of sp³-hybridized carbons (Fsp3) is 0.556. The third kappa shape index (κ3) is 4.13. The van der Waals surface area contributed by atoms with Crippen molar-refractivity contribution in [3.63, 3.8) is 0 Å². The van der Waals surface area contributed by atoms with Gasteiger partial charge in [-0.2, -0.15) is 4.98 Å². The Morgan fingerprint density at radius 3 is 2.88 bits per heavy atom. The average Bonchev–Trinajstić information content (AvgIpc) is 3.04. The Morgan fingerprint density at radius 2 is 2.17 bits per heavy atom. The number of aromatic nitrogens is 2. The van der Waals surface area contributed by atoms with Gasteiger partial charge in [0.05, 0.1) is 6.04 Å². The van der Waals surface area contributed by atoms with Gasteiger partial charge in [0, 0.05) is 31.9 Å². The minimum atomic E-state index is 0.142.